The minimum atomic E-state index is -0.352. The van der Waals surface area contributed by atoms with E-state index in [4.69, 9.17) is 9.68 Å². The van der Waals surface area contributed by atoms with Crippen LogP contribution < -0.4 is 5.63 Å². The molecular formula is C15H15N3O2. The Balaban J connectivity index is 1.97. The molecule has 3 rings (SSSR count). The molecule has 5 nitrogen and oxygen atoms in total. The van der Waals surface area contributed by atoms with Crippen LogP contribution in [0, 0.1) is 11.3 Å². The van der Waals surface area contributed by atoms with Gasteiger partial charge in [-0.3, -0.25) is 0 Å². The molecule has 20 heavy (non-hydrogen) atoms. The van der Waals surface area contributed by atoms with Gasteiger partial charge < -0.3 is 8.98 Å². The van der Waals surface area contributed by atoms with Gasteiger partial charge in [0.1, 0.15) is 18.2 Å². The lowest BCUT2D eigenvalue weighted by atomic mass is 9.87. The van der Waals surface area contributed by atoms with E-state index in [1.807, 2.05) is 12.1 Å². The number of aromatic nitrogens is 2. The van der Waals surface area contributed by atoms with Crippen LogP contribution in [0.3, 0.4) is 0 Å². The Morgan fingerprint density at radius 1 is 1.30 bits per heavy atom. The molecule has 0 unspecified atom stereocenters. The molecule has 0 aliphatic heterocycles. The Hall–Kier alpha value is -2.35. The summed E-state index contributed by atoms with van der Waals surface area (Å²) in [6.45, 7) is 0. The van der Waals surface area contributed by atoms with Gasteiger partial charge in [-0.1, -0.05) is 19.3 Å². The zero-order chi connectivity index (χ0) is 13.9. The van der Waals surface area contributed by atoms with Crippen molar-refractivity contribution in [2.75, 3.05) is 0 Å². The van der Waals surface area contributed by atoms with E-state index in [2.05, 4.69) is 4.98 Å². The average molecular weight is 269 g/mol. The molecule has 2 aromatic heterocycles. The van der Waals surface area contributed by atoms with Crippen LogP contribution in [-0.4, -0.2) is 9.55 Å². The minimum Gasteiger partial charge on any atom is -0.427 e. The van der Waals surface area contributed by atoms with Gasteiger partial charge in [0, 0.05) is 24.2 Å². The molecule has 0 atom stereocenters. The van der Waals surface area contributed by atoms with Crippen molar-refractivity contribution in [2.24, 2.45) is 0 Å². The lowest BCUT2D eigenvalue weighted by molar-refractivity contribution is 0.355. The van der Waals surface area contributed by atoms with E-state index in [0.717, 1.165) is 18.6 Å². The first-order valence-electron chi connectivity index (χ1n) is 6.86. The number of imidazole rings is 1. The molecule has 2 heterocycles. The summed E-state index contributed by atoms with van der Waals surface area (Å²) in [5.41, 5.74) is 0.684. The van der Waals surface area contributed by atoms with Gasteiger partial charge in [0.25, 0.3) is 0 Å². The van der Waals surface area contributed by atoms with Crippen LogP contribution in [0.5, 0.6) is 0 Å². The van der Waals surface area contributed by atoms with Crippen molar-refractivity contribution < 1.29 is 4.42 Å². The van der Waals surface area contributed by atoms with Gasteiger partial charge in [0.15, 0.2) is 5.69 Å². The second kappa shape index (κ2) is 5.33. The fraction of sp³-hybridized carbons (Fsp3) is 0.400. The maximum absolute atomic E-state index is 11.7. The van der Waals surface area contributed by atoms with Crippen molar-refractivity contribution in [1.29, 1.82) is 5.26 Å². The van der Waals surface area contributed by atoms with E-state index in [1.165, 1.54) is 31.7 Å². The highest BCUT2D eigenvalue weighted by molar-refractivity contribution is 5.34. The van der Waals surface area contributed by atoms with Gasteiger partial charge in [0.2, 0.25) is 0 Å². The second-order valence-electron chi connectivity index (χ2n) is 5.15. The van der Waals surface area contributed by atoms with Gasteiger partial charge in [-0.25, -0.2) is 9.78 Å². The number of hydrogen-bond acceptors (Lipinski definition) is 4. The quantitative estimate of drug-likeness (QED) is 0.840. The molecule has 0 bridgehead atoms. The molecule has 0 N–H and O–H groups in total. The van der Waals surface area contributed by atoms with Gasteiger partial charge in [-0.05, 0) is 12.8 Å². The largest absolute Gasteiger partial charge is 0.427 e. The van der Waals surface area contributed by atoms with Crippen molar-refractivity contribution in [3.63, 3.8) is 0 Å². The predicted octanol–water partition coefficient (Wildman–Crippen LogP) is 2.74. The highest BCUT2D eigenvalue weighted by Gasteiger charge is 2.19. The maximum atomic E-state index is 11.7. The van der Waals surface area contributed by atoms with Crippen LogP contribution in [-0.2, 0) is 0 Å². The third-order valence-corrected chi connectivity index (χ3v) is 3.78. The summed E-state index contributed by atoms with van der Waals surface area (Å²) in [6, 6.07) is 5.29. The number of nitriles is 1. The molecule has 1 aliphatic carbocycles. The van der Waals surface area contributed by atoms with E-state index in [1.54, 1.807) is 10.8 Å². The van der Waals surface area contributed by atoms with Gasteiger partial charge in [-0.15, -0.1) is 0 Å². The van der Waals surface area contributed by atoms with Gasteiger partial charge >= 0.3 is 5.63 Å². The smallest absolute Gasteiger partial charge is 0.337 e. The van der Waals surface area contributed by atoms with Crippen LogP contribution in [0.25, 0.3) is 5.69 Å². The monoisotopic (exact) mass is 269 g/mol. The first-order valence-corrected chi connectivity index (χ1v) is 6.86. The molecule has 1 saturated carbocycles. The Morgan fingerprint density at radius 3 is 2.80 bits per heavy atom. The van der Waals surface area contributed by atoms with Gasteiger partial charge in [-0.2, -0.15) is 5.26 Å². The van der Waals surface area contributed by atoms with Crippen molar-refractivity contribution in [3.05, 3.63) is 46.5 Å². The Morgan fingerprint density at radius 2 is 2.10 bits per heavy atom. The summed E-state index contributed by atoms with van der Waals surface area (Å²) in [7, 11) is 0. The van der Waals surface area contributed by atoms with Crippen LogP contribution in [0.2, 0.25) is 0 Å². The summed E-state index contributed by atoms with van der Waals surface area (Å²) < 4.78 is 7.04. The molecule has 1 fully saturated rings. The van der Waals surface area contributed by atoms with Crippen LogP contribution in [0.4, 0.5) is 0 Å². The molecular weight excluding hydrogens is 254 g/mol. The molecule has 0 amide bonds. The predicted molar refractivity (Wildman–Crippen MR) is 72.6 cm³/mol. The lowest BCUT2D eigenvalue weighted by Gasteiger charge is -2.20. The summed E-state index contributed by atoms with van der Waals surface area (Å²) in [6.07, 6.45) is 8.91. The molecule has 0 spiro atoms. The van der Waals surface area contributed by atoms with Crippen molar-refractivity contribution in [1.82, 2.24) is 9.55 Å². The van der Waals surface area contributed by atoms with Crippen molar-refractivity contribution in [3.8, 4) is 11.8 Å². The van der Waals surface area contributed by atoms with Crippen LogP contribution in [0.1, 0.15) is 49.5 Å². The van der Waals surface area contributed by atoms with Crippen LogP contribution >= 0.6 is 0 Å². The molecule has 5 heteroatoms. The highest BCUT2D eigenvalue weighted by atomic mass is 16.4. The van der Waals surface area contributed by atoms with E-state index >= 15 is 0 Å². The van der Waals surface area contributed by atoms with Gasteiger partial charge in [0.05, 0.1) is 5.69 Å². The zero-order valence-electron chi connectivity index (χ0n) is 11.1. The number of rotatable bonds is 2. The highest BCUT2D eigenvalue weighted by Crippen LogP contribution is 2.32. The molecule has 0 saturated heterocycles. The normalized spacial score (nSPS) is 15.9. The Bertz CT molecular complexity index is 702. The van der Waals surface area contributed by atoms with E-state index in [-0.39, 0.29) is 5.63 Å². The van der Waals surface area contributed by atoms with Crippen LogP contribution in [0.15, 0.2) is 33.9 Å². The Labute approximate surface area is 116 Å². The summed E-state index contributed by atoms with van der Waals surface area (Å²) in [5.74, 6) is 1.08. The maximum Gasteiger partial charge on any atom is 0.337 e. The standard InChI is InChI=1S/C15H15N3O2/c16-8-12-9-18(10-17-12)13-6-14(20-15(19)7-13)11-4-2-1-3-5-11/h6-7,9-11H,1-5H2. The lowest BCUT2D eigenvalue weighted by Crippen LogP contribution is -2.10. The first kappa shape index (κ1) is 12.7. The third-order valence-electron chi connectivity index (χ3n) is 3.78. The third kappa shape index (κ3) is 2.50. The summed E-state index contributed by atoms with van der Waals surface area (Å²) >= 11 is 0. The minimum absolute atomic E-state index is 0.329. The molecule has 102 valence electrons. The van der Waals surface area contributed by atoms with E-state index < -0.39 is 0 Å². The molecule has 1 aliphatic rings. The fourth-order valence-electron chi connectivity index (χ4n) is 2.74. The van der Waals surface area contributed by atoms with Crippen molar-refractivity contribution >= 4 is 0 Å². The summed E-state index contributed by atoms with van der Waals surface area (Å²) in [4.78, 5) is 15.7. The Kier molecular flexibility index (Phi) is 3.38. The average Bonchev–Trinajstić information content (AvgIpc) is 2.96. The number of nitrogens with zero attached hydrogens (tertiary/aromatic N) is 3. The summed E-state index contributed by atoms with van der Waals surface area (Å²) in [5, 5.41) is 8.80. The first-order chi connectivity index (χ1) is 9.76. The number of hydrogen-bond donors (Lipinski definition) is 0. The fourth-order valence-corrected chi connectivity index (χ4v) is 2.74. The molecule has 0 radical (unpaired) electrons. The molecule has 2 aromatic rings. The zero-order valence-corrected chi connectivity index (χ0v) is 11.1. The molecule has 0 aromatic carbocycles. The SMILES string of the molecule is N#Cc1cn(-c2cc(C3CCCCC3)oc(=O)c2)cn1. The second-order valence-corrected chi connectivity index (χ2v) is 5.15. The van der Waals surface area contributed by atoms with Crippen molar-refractivity contribution in [2.45, 2.75) is 38.0 Å². The topological polar surface area (TPSA) is 71.8 Å². The van der Waals surface area contributed by atoms with E-state index in [9.17, 15) is 4.79 Å². The van der Waals surface area contributed by atoms with E-state index in [0.29, 0.717) is 17.3 Å².